The minimum atomic E-state index is -0.309. The number of aliphatic hydroxyl groups is 1. The van der Waals surface area contributed by atoms with Crippen molar-refractivity contribution in [1.29, 1.82) is 5.41 Å². The van der Waals surface area contributed by atoms with Crippen LogP contribution in [0.15, 0.2) is 64.4 Å². The summed E-state index contributed by atoms with van der Waals surface area (Å²) in [6.07, 6.45) is 1.59. The summed E-state index contributed by atoms with van der Waals surface area (Å²) in [6.45, 7) is 0.842. The van der Waals surface area contributed by atoms with E-state index < -0.39 is 0 Å². The Morgan fingerprint density at radius 3 is 2.55 bits per heavy atom. The Kier molecular flexibility index (Phi) is 5.14. The van der Waals surface area contributed by atoms with E-state index in [-0.39, 0.29) is 28.9 Å². The zero-order valence-corrected chi connectivity index (χ0v) is 16.2. The van der Waals surface area contributed by atoms with Crippen molar-refractivity contribution >= 4 is 6.20 Å². The molecule has 0 fully saturated rings. The molecule has 0 amide bonds. The second-order valence-electron chi connectivity index (χ2n) is 7.09. The summed E-state index contributed by atoms with van der Waals surface area (Å²) in [5, 5.41) is 21.1. The molecule has 3 N–H and O–H groups in total. The molecule has 0 radical (unpaired) electrons. The van der Waals surface area contributed by atoms with Gasteiger partial charge < -0.3 is 10.4 Å². The molecule has 7 nitrogen and oxygen atoms in total. The lowest BCUT2D eigenvalue weighted by molar-refractivity contribution is 0.261. The second-order valence-corrected chi connectivity index (χ2v) is 7.09. The average molecular weight is 389 g/mol. The van der Waals surface area contributed by atoms with Crippen LogP contribution in [0.5, 0.6) is 0 Å². The predicted octanol–water partition coefficient (Wildman–Crippen LogP) is -0.145. The van der Waals surface area contributed by atoms with E-state index in [1.54, 1.807) is 17.8 Å². The predicted molar refractivity (Wildman–Crippen MR) is 110 cm³/mol. The molecule has 7 heteroatoms. The number of benzene rings is 2. The number of hydrogen-bond donors (Lipinski definition) is 3. The van der Waals surface area contributed by atoms with Crippen molar-refractivity contribution in [3.8, 4) is 11.1 Å². The number of hydrogen-bond acceptors (Lipinski definition) is 5. The van der Waals surface area contributed by atoms with E-state index in [1.807, 2.05) is 30.3 Å². The van der Waals surface area contributed by atoms with Crippen LogP contribution in [0.2, 0.25) is 0 Å². The zero-order chi connectivity index (χ0) is 20.4. The van der Waals surface area contributed by atoms with Crippen molar-refractivity contribution in [2.24, 2.45) is 12.0 Å². The molecule has 4 rings (SSSR count). The third-order valence-electron chi connectivity index (χ3n) is 5.12. The van der Waals surface area contributed by atoms with E-state index in [2.05, 4.69) is 34.6 Å². The van der Waals surface area contributed by atoms with Crippen molar-refractivity contribution in [2.45, 2.75) is 19.1 Å². The van der Waals surface area contributed by atoms with Crippen LogP contribution >= 0.6 is 0 Å². The van der Waals surface area contributed by atoms with E-state index >= 15 is 0 Å². The van der Waals surface area contributed by atoms with Crippen LogP contribution in [-0.2, 0) is 20.1 Å². The molecule has 1 atom stereocenters. The Morgan fingerprint density at radius 1 is 1.17 bits per heavy atom. The van der Waals surface area contributed by atoms with Crippen LogP contribution in [-0.4, -0.2) is 26.9 Å². The summed E-state index contributed by atoms with van der Waals surface area (Å²) in [6, 6.07) is 18.1. The first-order valence-electron chi connectivity index (χ1n) is 9.49. The van der Waals surface area contributed by atoms with E-state index in [4.69, 9.17) is 5.41 Å². The quantitative estimate of drug-likeness (QED) is 0.567. The molecular weight excluding hydrogens is 366 g/mol. The maximum atomic E-state index is 12.6. The van der Waals surface area contributed by atoms with E-state index in [0.717, 1.165) is 11.1 Å². The number of nitrogens with one attached hydrogen (secondary N) is 2. The first-order chi connectivity index (χ1) is 14.1. The molecule has 3 aromatic rings. The Bertz CT molecular complexity index is 1260. The van der Waals surface area contributed by atoms with Gasteiger partial charge in [0.15, 0.2) is 0 Å². The van der Waals surface area contributed by atoms with E-state index in [9.17, 15) is 9.90 Å². The molecule has 0 unspecified atom stereocenters. The van der Waals surface area contributed by atoms with Gasteiger partial charge in [-0.05, 0) is 16.7 Å². The van der Waals surface area contributed by atoms with Gasteiger partial charge in [0, 0.05) is 19.8 Å². The van der Waals surface area contributed by atoms with Gasteiger partial charge in [-0.2, -0.15) is 0 Å². The highest BCUT2D eigenvalue weighted by Gasteiger charge is 2.18. The normalized spacial score (nSPS) is 15.8. The van der Waals surface area contributed by atoms with Gasteiger partial charge >= 0.3 is 0 Å². The van der Waals surface area contributed by atoms with Gasteiger partial charge in [-0.1, -0.05) is 54.6 Å². The smallest absolute Gasteiger partial charge is 0.265 e. The fraction of sp³-hybridized carbons (Fsp3) is 0.227. The summed E-state index contributed by atoms with van der Waals surface area (Å²) in [4.78, 5) is 16.9. The first kappa shape index (κ1) is 18.9. The highest BCUT2D eigenvalue weighted by Crippen LogP contribution is 2.19. The molecular formula is C22H23N5O2. The molecule has 0 saturated heterocycles. The molecule has 1 aliphatic heterocycles. The largest absolute Gasteiger partial charge is 0.394 e. The van der Waals surface area contributed by atoms with E-state index in [1.165, 1.54) is 10.1 Å². The van der Waals surface area contributed by atoms with Crippen LogP contribution < -0.4 is 27.2 Å². The summed E-state index contributed by atoms with van der Waals surface area (Å²) in [5.74, 6) is 0. The molecule has 29 heavy (non-hydrogen) atoms. The molecule has 0 aliphatic carbocycles. The maximum Gasteiger partial charge on any atom is 0.265 e. The first-order valence-corrected chi connectivity index (χ1v) is 9.49. The lowest BCUT2D eigenvalue weighted by atomic mass is 10.0. The summed E-state index contributed by atoms with van der Waals surface area (Å²) in [5.41, 5.74) is 3.65. The summed E-state index contributed by atoms with van der Waals surface area (Å²) < 4.78 is 3.08. The van der Waals surface area contributed by atoms with Gasteiger partial charge in [-0.3, -0.25) is 19.3 Å². The zero-order valence-electron chi connectivity index (χ0n) is 16.2. The average Bonchev–Trinajstić information content (AvgIpc) is 3.21. The van der Waals surface area contributed by atoms with Crippen molar-refractivity contribution < 1.29 is 5.11 Å². The molecule has 2 heterocycles. The van der Waals surface area contributed by atoms with Crippen LogP contribution in [0.1, 0.15) is 5.56 Å². The van der Waals surface area contributed by atoms with Crippen molar-refractivity contribution in [1.82, 2.24) is 14.5 Å². The van der Waals surface area contributed by atoms with Crippen LogP contribution in [0, 0.1) is 5.41 Å². The lowest BCUT2D eigenvalue weighted by Gasteiger charge is -2.07. The van der Waals surface area contributed by atoms with Crippen LogP contribution in [0.3, 0.4) is 0 Å². The minimum absolute atomic E-state index is 0.106. The third-order valence-corrected chi connectivity index (χ3v) is 5.12. The van der Waals surface area contributed by atoms with Gasteiger partial charge in [-0.25, -0.2) is 4.99 Å². The fourth-order valence-corrected chi connectivity index (χ4v) is 3.49. The topological polar surface area (TPSA) is 95.4 Å². The third kappa shape index (κ3) is 3.64. The van der Waals surface area contributed by atoms with Crippen molar-refractivity contribution in [3.63, 3.8) is 0 Å². The number of fused-ring (bicyclic) bond motifs is 1. The molecule has 0 bridgehead atoms. The Hall–Kier alpha value is -3.45. The fourth-order valence-electron chi connectivity index (χ4n) is 3.49. The number of aliphatic hydroxyl groups excluding tert-OH is 1. The van der Waals surface area contributed by atoms with Crippen molar-refractivity contribution in [3.05, 3.63) is 86.8 Å². The van der Waals surface area contributed by atoms with Crippen LogP contribution in [0.25, 0.3) is 17.3 Å². The molecule has 2 aromatic carbocycles. The Balaban J connectivity index is 1.56. The molecule has 0 spiro atoms. The van der Waals surface area contributed by atoms with Gasteiger partial charge in [-0.15, -0.1) is 0 Å². The second kappa shape index (κ2) is 7.89. The van der Waals surface area contributed by atoms with Crippen LogP contribution in [0.4, 0.5) is 0 Å². The monoisotopic (exact) mass is 389 g/mol. The van der Waals surface area contributed by atoms with Gasteiger partial charge in [0.2, 0.25) is 5.62 Å². The van der Waals surface area contributed by atoms with Gasteiger partial charge in [0.1, 0.15) is 5.49 Å². The Labute approximate surface area is 167 Å². The van der Waals surface area contributed by atoms with Gasteiger partial charge in [0.05, 0.1) is 24.4 Å². The summed E-state index contributed by atoms with van der Waals surface area (Å²) >= 11 is 0. The Morgan fingerprint density at radius 2 is 1.86 bits per heavy atom. The number of rotatable bonds is 5. The SMILES string of the molecule is Cn1c(=O)/c(=C/NCc2ccc(-c3ccccc3)cc2)c(=N)n2c1=N[C@H](CO)C2. The minimum Gasteiger partial charge on any atom is -0.394 e. The molecule has 1 aromatic heterocycles. The van der Waals surface area contributed by atoms with Crippen molar-refractivity contribution in [2.75, 3.05) is 6.61 Å². The highest BCUT2D eigenvalue weighted by molar-refractivity contribution is 5.63. The number of nitrogens with zero attached hydrogens (tertiary/aromatic N) is 3. The standard InChI is InChI=1S/C22H23N5O2/c1-26-21(29)19(20(23)27-13-18(14-28)25-22(26)27)12-24-11-15-7-9-17(10-8-15)16-5-3-2-4-6-16/h2-10,12,18,23-24,28H,11,13-14H2,1H3/b19-12+,23-20?/t18-/m0/s1. The molecule has 0 saturated carbocycles. The van der Waals surface area contributed by atoms with Gasteiger partial charge in [0.25, 0.3) is 5.56 Å². The highest BCUT2D eigenvalue weighted by atomic mass is 16.3. The van der Waals surface area contributed by atoms with E-state index in [0.29, 0.717) is 18.7 Å². The molecule has 148 valence electrons. The summed E-state index contributed by atoms with van der Waals surface area (Å²) in [7, 11) is 1.64. The molecule has 1 aliphatic rings. The maximum absolute atomic E-state index is 12.6. The lowest BCUT2D eigenvalue weighted by Crippen LogP contribution is -2.57. The number of aromatic nitrogens is 2.